The molecule has 0 amide bonds. The third-order valence-electron chi connectivity index (χ3n) is 1.15. The van der Waals surface area contributed by atoms with Crippen LogP contribution in [-0.4, -0.2) is 16.2 Å². The van der Waals surface area contributed by atoms with Crippen LogP contribution in [0.2, 0.25) is 0 Å². The van der Waals surface area contributed by atoms with Gasteiger partial charge in [0.05, 0.1) is 0 Å². The van der Waals surface area contributed by atoms with Gasteiger partial charge in [0.25, 0.3) is 5.56 Å². The second-order valence-electron chi connectivity index (χ2n) is 1.90. The van der Waals surface area contributed by atoms with Crippen LogP contribution in [0, 0.1) is 6.92 Å². The number of thioether (sulfide) groups is 1. The van der Waals surface area contributed by atoms with Gasteiger partial charge in [-0.15, -0.1) is 0 Å². The molecule has 1 N–H and O–H groups in total. The Morgan fingerprint density at radius 1 is 1.50 bits per heavy atom. The van der Waals surface area contributed by atoms with Crippen molar-refractivity contribution in [1.82, 2.24) is 9.97 Å². The molecule has 0 aromatic carbocycles. The SMILES string of the molecule is CC.CSc1ncc(C)c(=O)[nH]1. The van der Waals surface area contributed by atoms with E-state index >= 15 is 0 Å². The second kappa shape index (κ2) is 5.83. The topological polar surface area (TPSA) is 45.8 Å². The lowest BCUT2D eigenvalue weighted by Crippen LogP contribution is -2.10. The number of nitrogens with one attached hydrogen (secondary N) is 1. The van der Waals surface area contributed by atoms with E-state index in [1.807, 2.05) is 20.1 Å². The smallest absolute Gasteiger partial charge is 0.254 e. The molecule has 3 nitrogen and oxygen atoms in total. The van der Waals surface area contributed by atoms with Crippen LogP contribution in [0.5, 0.6) is 0 Å². The van der Waals surface area contributed by atoms with Gasteiger partial charge in [0.15, 0.2) is 5.16 Å². The fourth-order valence-corrected chi connectivity index (χ4v) is 0.899. The fourth-order valence-electron chi connectivity index (χ4n) is 0.546. The van der Waals surface area contributed by atoms with Gasteiger partial charge >= 0.3 is 0 Å². The first-order valence-electron chi connectivity index (χ1n) is 3.84. The molecule has 0 aliphatic heterocycles. The van der Waals surface area contributed by atoms with E-state index in [0.29, 0.717) is 10.7 Å². The predicted molar refractivity (Wildman–Crippen MR) is 52.7 cm³/mol. The van der Waals surface area contributed by atoms with Gasteiger partial charge in [-0.2, -0.15) is 0 Å². The van der Waals surface area contributed by atoms with Crippen molar-refractivity contribution in [3.63, 3.8) is 0 Å². The van der Waals surface area contributed by atoms with E-state index in [0.717, 1.165) is 0 Å². The standard InChI is InChI=1S/C6H8N2OS.C2H6/c1-4-3-7-6(10-2)8-5(4)9;1-2/h3H,1-2H3,(H,7,8,9);1-2H3. The average Bonchev–Trinajstić information content (AvgIpc) is 2.13. The number of nitrogens with zero attached hydrogens (tertiary/aromatic N) is 1. The Hall–Kier alpha value is -0.770. The van der Waals surface area contributed by atoms with Gasteiger partial charge in [-0.1, -0.05) is 25.6 Å². The Kier molecular flexibility index (Phi) is 5.45. The summed E-state index contributed by atoms with van der Waals surface area (Å²) in [6.07, 6.45) is 3.44. The van der Waals surface area contributed by atoms with E-state index in [2.05, 4.69) is 9.97 Å². The number of aromatic nitrogens is 2. The van der Waals surface area contributed by atoms with Gasteiger partial charge in [-0.3, -0.25) is 4.79 Å². The van der Waals surface area contributed by atoms with Crippen LogP contribution in [0.4, 0.5) is 0 Å². The highest BCUT2D eigenvalue weighted by Gasteiger charge is 1.94. The van der Waals surface area contributed by atoms with Crippen molar-refractivity contribution >= 4 is 11.8 Å². The lowest BCUT2D eigenvalue weighted by Gasteiger charge is -1.93. The minimum Gasteiger partial charge on any atom is -0.301 e. The quantitative estimate of drug-likeness (QED) is 0.537. The molecule has 1 rings (SSSR count). The van der Waals surface area contributed by atoms with Crippen LogP contribution in [-0.2, 0) is 0 Å². The molecule has 1 aromatic heterocycles. The van der Waals surface area contributed by atoms with Crippen molar-refractivity contribution in [2.75, 3.05) is 6.26 Å². The maximum atomic E-state index is 10.9. The minimum absolute atomic E-state index is 0.0562. The summed E-state index contributed by atoms with van der Waals surface area (Å²) in [5.74, 6) is 0. The van der Waals surface area contributed by atoms with Gasteiger partial charge in [0, 0.05) is 11.8 Å². The first kappa shape index (κ1) is 11.2. The number of hydrogen-bond donors (Lipinski definition) is 1. The van der Waals surface area contributed by atoms with Crippen molar-refractivity contribution < 1.29 is 0 Å². The molecule has 4 heteroatoms. The number of H-pyrrole nitrogens is 1. The van der Waals surface area contributed by atoms with Crippen LogP contribution >= 0.6 is 11.8 Å². The highest BCUT2D eigenvalue weighted by molar-refractivity contribution is 7.98. The fraction of sp³-hybridized carbons (Fsp3) is 0.500. The van der Waals surface area contributed by atoms with Gasteiger partial charge in [-0.05, 0) is 13.2 Å². The first-order chi connectivity index (χ1) is 5.74. The summed E-state index contributed by atoms with van der Waals surface area (Å²) in [4.78, 5) is 17.5. The Morgan fingerprint density at radius 3 is 2.50 bits per heavy atom. The van der Waals surface area contributed by atoms with E-state index in [1.54, 1.807) is 13.1 Å². The summed E-state index contributed by atoms with van der Waals surface area (Å²) >= 11 is 1.42. The average molecular weight is 186 g/mol. The molecule has 12 heavy (non-hydrogen) atoms. The van der Waals surface area contributed by atoms with Gasteiger partial charge < -0.3 is 4.98 Å². The van der Waals surface area contributed by atoms with Crippen LogP contribution < -0.4 is 5.56 Å². The molecular weight excluding hydrogens is 172 g/mol. The first-order valence-corrected chi connectivity index (χ1v) is 5.06. The number of hydrogen-bond acceptors (Lipinski definition) is 3. The monoisotopic (exact) mass is 186 g/mol. The Balaban J connectivity index is 0.000000561. The molecule has 0 atom stereocenters. The molecule has 0 aliphatic rings. The van der Waals surface area contributed by atoms with E-state index in [4.69, 9.17) is 0 Å². The van der Waals surface area contributed by atoms with Crippen LogP contribution in [0.25, 0.3) is 0 Å². The zero-order valence-corrected chi connectivity index (χ0v) is 8.66. The van der Waals surface area contributed by atoms with Crippen LogP contribution in [0.1, 0.15) is 19.4 Å². The molecule has 0 aliphatic carbocycles. The molecular formula is C8H14N2OS. The summed E-state index contributed by atoms with van der Waals surface area (Å²) in [5, 5.41) is 0.663. The summed E-state index contributed by atoms with van der Waals surface area (Å²) < 4.78 is 0. The molecule has 0 unspecified atom stereocenters. The molecule has 0 spiro atoms. The highest BCUT2D eigenvalue weighted by atomic mass is 32.2. The maximum absolute atomic E-state index is 10.9. The molecule has 0 saturated carbocycles. The van der Waals surface area contributed by atoms with Crippen LogP contribution in [0.15, 0.2) is 16.1 Å². The summed E-state index contributed by atoms with van der Waals surface area (Å²) in [6, 6.07) is 0. The largest absolute Gasteiger partial charge is 0.301 e. The summed E-state index contributed by atoms with van der Waals surface area (Å²) in [6.45, 7) is 5.73. The molecule has 1 aromatic rings. The Morgan fingerprint density at radius 2 is 2.08 bits per heavy atom. The molecule has 0 saturated heterocycles. The van der Waals surface area contributed by atoms with E-state index in [1.165, 1.54) is 11.8 Å². The van der Waals surface area contributed by atoms with Crippen molar-refractivity contribution in [2.45, 2.75) is 25.9 Å². The van der Waals surface area contributed by atoms with Crippen LogP contribution in [0.3, 0.4) is 0 Å². The van der Waals surface area contributed by atoms with Gasteiger partial charge in [0.2, 0.25) is 0 Å². The molecule has 68 valence electrons. The summed E-state index contributed by atoms with van der Waals surface area (Å²) in [7, 11) is 0. The molecule has 0 bridgehead atoms. The number of aromatic amines is 1. The number of aryl methyl sites for hydroxylation is 1. The van der Waals surface area contributed by atoms with Crippen molar-refractivity contribution in [1.29, 1.82) is 0 Å². The molecule has 1 heterocycles. The lowest BCUT2D eigenvalue weighted by atomic mass is 10.4. The lowest BCUT2D eigenvalue weighted by molar-refractivity contribution is 0.920. The zero-order chi connectivity index (χ0) is 9.56. The second-order valence-corrected chi connectivity index (χ2v) is 2.70. The highest BCUT2D eigenvalue weighted by Crippen LogP contribution is 2.03. The maximum Gasteiger partial charge on any atom is 0.254 e. The zero-order valence-electron chi connectivity index (χ0n) is 7.84. The van der Waals surface area contributed by atoms with Crippen molar-refractivity contribution in [3.8, 4) is 0 Å². The van der Waals surface area contributed by atoms with Gasteiger partial charge in [-0.25, -0.2) is 4.98 Å². The Labute approximate surface area is 76.6 Å². The van der Waals surface area contributed by atoms with Crippen molar-refractivity contribution in [2.24, 2.45) is 0 Å². The minimum atomic E-state index is -0.0562. The van der Waals surface area contributed by atoms with Crippen molar-refractivity contribution in [3.05, 3.63) is 22.1 Å². The third-order valence-corrected chi connectivity index (χ3v) is 1.74. The predicted octanol–water partition coefficient (Wildman–Crippen LogP) is 1.83. The van der Waals surface area contributed by atoms with E-state index in [9.17, 15) is 4.79 Å². The third kappa shape index (κ3) is 3.09. The number of rotatable bonds is 1. The Bertz CT molecular complexity index is 283. The molecule has 0 fully saturated rings. The van der Waals surface area contributed by atoms with Gasteiger partial charge in [0.1, 0.15) is 0 Å². The summed E-state index contributed by atoms with van der Waals surface area (Å²) in [5.41, 5.74) is 0.595. The molecule has 0 radical (unpaired) electrons. The normalized spacial score (nSPS) is 8.67. The van der Waals surface area contributed by atoms with E-state index in [-0.39, 0.29) is 5.56 Å². The van der Waals surface area contributed by atoms with E-state index < -0.39 is 0 Å².